The summed E-state index contributed by atoms with van der Waals surface area (Å²) in [6.45, 7) is 4.10. The van der Waals surface area contributed by atoms with E-state index in [0.717, 1.165) is 16.5 Å². The lowest BCUT2D eigenvalue weighted by Gasteiger charge is -2.25. The monoisotopic (exact) mass is 378 g/mol. The van der Waals surface area contributed by atoms with Gasteiger partial charge in [-0.15, -0.1) is 0 Å². The molecule has 0 saturated heterocycles. The van der Waals surface area contributed by atoms with Crippen molar-refractivity contribution in [1.82, 2.24) is 4.98 Å². The number of aromatic nitrogens is 1. The molecule has 0 saturated carbocycles. The van der Waals surface area contributed by atoms with Crippen LogP contribution in [0.2, 0.25) is 0 Å². The summed E-state index contributed by atoms with van der Waals surface area (Å²) in [4.78, 5) is 18.1. The van der Waals surface area contributed by atoms with Crippen molar-refractivity contribution in [3.63, 3.8) is 0 Å². The number of pyridine rings is 1. The van der Waals surface area contributed by atoms with Crippen molar-refractivity contribution < 1.29 is 18.7 Å². The highest BCUT2D eigenvalue weighted by molar-refractivity contribution is 5.96. The number of halogens is 1. The number of hydrogen-bond donors (Lipinski definition) is 1. The lowest BCUT2D eigenvalue weighted by Crippen LogP contribution is -2.26. The maximum atomic E-state index is 13.5. The van der Waals surface area contributed by atoms with Gasteiger partial charge in [0, 0.05) is 29.9 Å². The van der Waals surface area contributed by atoms with Gasteiger partial charge in [0.2, 0.25) is 0 Å². The number of hydrogen-bond acceptors (Lipinski definition) is 4. The van der Waals surface area contributed by atoms with Crippen LogP contribution in [0.5, 0.6) is 0 Å². The maximum absolute atomic E-state index is 13.5. The van der Waals surface area contributed by atoms with Crippen LogP contribution in [-0.2, 0) is 0 Å². The van der Waals surface area contributed by atoms with Crippen molar-refractivity contribution >= 4 is 33.5 Å². The van der Waals surface area contributed by atoms with E-state index in [1.807, 2.05) is 24.1 Å². The molecule has 5 nitrogen and oxygen atoms in total. The van der Waals surface area contributed by atoms with E-state index in [4.69, 9.17) is 9.40 Å². The van der Waals surface area contributed by atoms with Gasteiger partial charge in [-0.2, -0.15) is 0 Å². The number of rotatable bonds is 4. The van der Waals surface area contributed by atoms with E-state index in [-0.39, 0.29) is 17.4 Å². The fraction of sp³-hybridized carbons (Fsp3) is 0.182. The molecule has 0 aliphatic carbocycles. The van der Waals surface area contributed by atoms with Gasteiger partial charge < -0.3 is 14.4 Å². The fourth-order valence-electron chi connectivity index (χ4n) is 3.15. The molecule has 0 spiro atoms. The Labute approximate surface area is 161 Å². The summed E-state index contributed by atoms with van der Waals surface area (Å²) in [7, 11) is 1.94. The van der Waals surface area contributed by atoms with Gasteiger partial charge in [0.25, 0.3) is 0 Å². The van der Waals surface area contributed by atoms with Crippen molar-refractivity contribution in [3.05, 3.63) is 59.9 Å². The molecule has 2 heterocycles. The minimum Gasteiger partial charge on any atom is -0.478 e. The summed E-state index contributed by atoms with van der Waals surface area (Å²) < 4.78 is 19.4. The lowest BCUT2D eigenvalue weighted by atomic mass is 10.1. The number of anilines is 1. The molecule has 1 N–H and O–H groups in total. The minimum atomic E-state index is -0.982. The predicted octanol–water partition coefficient (Wildman–Crippen LogP) is 5.33. The Hall–Kier alpha value is -3.41. The van der Waals surface area contributed by atoms with E-state index in [1.165, 1.54) is 18.2 Å². The van der Waals surface area contributed by atoms with Crippen LogP contribution in [0.4, 0.5) is 10.1 Å². The van der Waals surface area contributed by atoms with Gasteiger partial charge in [0.05, 0.1) is 16.8 Å². The minimum absolute atomic E-state index is 0.183. The molecule has 142 valence electrons. The number of carbonyl (C=O) groups is 1. The van der Waals surface area contributed by atoms with Gasteiger partial charge in [0.15, 0.2) is 5.76 Å². The van der Waals surface area contributed by atoms with Crippen LogP contribution in [0.1, 0.15) is 24.2 Å². The van der Waals surface area contributed by atoms with E-state index >= 15 is 0 Å². The number of nitrogens with zero attached hydrogens (tertiary/aromatic N) is 2. The van der Waals surface area contributed by atoms with E-state index in [9.17, 15) is 14.3 Å². The summed E-state index contributed by atoms with van der Waals surface area (Å²) in [5.74, 6) is -0.808. The highest BCUT2D eigenvalue weighted by atomic mass is 19.1. The first-order valence-electron chi connectivity index (χ1n) is 8.94. The van der Waals surface area contributed by atoms with Crippen molar-refractivity contribution in [2.24, 2.45) is 0 Å². The molecule has 0 aliphatic heterocycles. The van der Waals surface area contributed by atoms with Crippen molar-refractivity contribution in [1.29, 1.82) is 0 Å². The zero-order valence-corrected chi connectivity index (χ0v) is 15.7. The van der Waals surface area contributed by atoms with E-state index in [1.54, 1.807) is 18.2 Å². The molecule has 0 bridgehead atoms. The number of fused-ring (bicyclic) bond motifs is 2. The van der Waals surface area contributed by atoms with Crippen LogP contribution in [0.15, 0.2) is 52.9 Å². The van der Waals surface area contributed by atoms with Gasteiger partial charge in [-0.05, 0) is 56.3 Å². The quantitative estimate of drug-likeness (QED) is 0.520. The highest BCUT2D eigenvalue weighted by Gasteiger charge is 2.19. The fourth-order valence-corrected chi connectivity index (χ4v) is 3.15. The first-order valence-corrected chi connectivity index (χ1v) is 8.94. The molecule has 0 radical (unpaired) electrons. The Morgan fingerprint density at radius 2 is 1.89 bits per heavy atom. The molecular weight excluding hydrogens is 359 g/mol. The van der Waals surface area contributed by atoms with Gasteiger partial charge >= 0.3 is 5.97 Å². The Kier molecular flexibility index (Phi) is 4.26. The Morgan fingerprint density at radius 3 is 2.61 bits per heavy atom. The topological polar surface area (TPSA) is 66.6 Å². The first-order chi connectivity index (χ1) is 13.3. The van der Waals surface area contributed by atoms with Gasteiger partial charge in [-0.3, -0.25) is 0 Å². The lowest BCUT2D eigenvalue weighted by molar-refractivity contribution is 0.0697. The van der Waals surface area contributed by atoms with Gasteiger partial charge in [0.1, 0.15) is 17.1 Å². The van der Waals surface area contributed by atoms with Gasteiger partial charge in [-0.1, -0.05) is 0 Å². The van der Waals surface area contributed by atoms with Gasteiger partial charge in [-0.25, -0.2) is 14.2 Å². The third-order valence-corrected chi connectivity index (χ3v) is 4.91. The van der Waals surface area contributed by atoms with Crippen molar-refractivity contribution in [3.8, 4) is 11.5 Å². The molecule has 0 aliphatic rings. The molecular formula is C22H19FN2O3. The molecule has 0 amide bonds. The smallest absolute Gasteiger partial charge is 0.335 e. The van der Waals surface area contributed by atoms with E-state index < -0.39 is 5.97 Å². The summed E-state index contributed by atoms with van der Waals surface area (Å²) in [6, 6.07) is 13.2. The Balaban J connectivity index is 1.97. The van der Waals surface area contributed by atoms with Crippen LogP contribution in [0.25, 0.3) is 33.3 Å². The molecule has 2 aromatic carbocycles. The molecule has 4 rings (SSSR count). The average molecular weight is 378 g/mol. The first kappa shape index (κ1) is 18.0. The molecule has 28 heavy (non-hydrogen) atoms. The van der Waals surface area contributed by atoms with Crippen LogP contribution < -0.4 is 4.90 Å². The molecule has 0 unspecified atom stereocenters. The highest BCUT2D eigenvalue weighted by Crippen LogP contribution is 2.36. The molecule has 2 aromatic heterocycles. The number of furan rings is 1. The van der Waals surface area contributed by atoms with Crippen molar-refractivity contribution in [2.45, 2.75) is 19.9 Å². The zero-order valence-electron chi connectivity index (χ0n) is 15.7. The average Bonchev–Trinajstić information content (AvgIpc) is 3.08. The van der Waals surface area contributed by atoms with Crippen LogP contribution in [-0.4, -0.2) is 29.1 Å². The summed E-state index contributed by atoms with van der Waals surface area (Å²) >= 11 is 0. The second-order valence-corrected chi connectivity index (χ2v) is 7.07. The van der Waals surface area contributed by atoms with Crippen LogP contribution in [0.3, 0.4) is 0 Å². The van der Waals surface area contributed by atoms with Crippen molar-refractivity contribution in [2.75, 3.05) is 11.9 Å². The SMILES string of the molecule is CC(C)N(C)c1cc2cc(C(=O)O)ccc2nc1-c1cc2ccc(F)cc2o1. The maximum Gasteiger partial charge on any atom is 0.335 e. The number of carboxylic acid groups (broad SMARTS) is 1. The summed E-state index contributed by atoms with van der Waals surface area (Å²) in [5, 5.41) is 10.8. The Bertz CT molecular complexity index is 1210. The molecule has 0 atom stereocenters. The Morgan fingerprint density at radius 1 is 1.11 bits per heavy atom. The normalized spacial score (nSPS) is 11.5. The number of benzene rings is 2. The molecule has 6 heteroatoms. The van der Waals surface area contributed by atoms with Crippen LogP contribution >= 0.6 is 0 Å². The predicted molar refractivity (Wildman–Crippen MR) is 107 cm³/mol. The number of carboxylic acids is 1. The summed E-state index contributed by atoms with van der Waals surface area (Å²) in [6.07, 6.45) is 0. The van der Waals surface area contributed by atoms with E-state index in [0.29, 0.717) is 22.6 Å². The molecule has 0 fully saturated rings. The number of aromatic carboxylic acids is 1. The standard InChI is InChI=1S/C22H19FN2O3/c1-12(2)25(3)18-9-15-8-14(22(26)27)5-7-17(15)24-21(18)20-10-13-4-6-16(23)11-19(13)28-20/h4-12H,1-3H3,(H,26,27). The zero-order chi connectivity index (χ0) is 20.0. The third-order valence-electron chi connectivity index (χ3n) is 4.91. The largest absolute Gasteiger partial charge is 0.478 e. The third kappa shape index (κ3) is 3.07. The molecule has 4 aromatic rings. The van der Waals surface area contributed by atoms with Crippen LogP contribution in [0, 0.1) is 5.82 Å². The van der Waals surface area contributed by atoms with E-state index in [2.05, 4.69) is 13.8 Å². The summed E-state index contributed by atoms with van der Waals surface area (Å²) in [5.41, 5.74) is 2.76. The second-order valence-electron chi connectivity index (χ2n) is 7.07. The second kappa shape index (κ2) is 6.64.